The molecule has 1 aromatic heterocycles. The Hall–Kier alpha value is -1.89. The maximum absolute atomic E-state index is 6.28. The third kappa shape index (κ3) is 5.13. The predicted molar refractivity (Wildman–Crippen MR) is 122 cm³/mol. The Balaban J connectivity index is 1.13. The smallest absolute Gasteiger partial charge is 0.225 e. The van der Waals surface area contributed by atoms with Gasteiger partial charge < -0.3 is 14.4 Å². The van der Waals surface area contributed by atoms with Crippen LogP contribution >= 0.6 is 11.6 Å². The summed E-state index contributed by atoms with van der Waals surface area (Å²) < 4.78 is 12.4. The summed E-state index contributed by atoms with van der Waals surface area (Å²) in [5.41, 5.74) is 1.07. The van der Waals surface area contributed by atoms with Crippen molar-refractivity contribution < 1.29 is 9.47 Å². The van der Waals surface area contributed by atoms with Gasteiger partial charge in [0.25, 0.3) is 0 Å². The summed E-state index contributed by atoms with van der Waals surface area (Å²) in [7, 11) is 0. The van der Waals surface area contributed by atoms with Gasteiger partial charge in [0.05, 0.1) is 17.9 Å². The molecule has 7 heteroatoms. The summed E-state index contributed by atoms with van der Waals surface area (Å²) >= 11 is 5.97. The fourth-order valence-corrected chi connectivity index (χ4v) is 5.12. The SMILES string of the molecule is Clc1ccc(O[C@@H]2COC3(CCN(Cc4ccnc(N5CCCCC5)n4)CC3)C2)cc1. The molecule has 0 unspecified atom stereocenters. The van der Waals surface area contributed by atoms with Gasteiger partial charge in [-0.3, -0.25) is 4.90 Å². The molecule has 0 amide bonds. The maximum Gasteiger partial charge on any atom is 0.225 e. The first-order chi connectivity index (χ1) is 15.2. The van der Waals surface area contributed by atoms with E-state index in [1.165, 1.54) is 19.3 Å². The van der Waals surface area contributed by atoms with Crippen LogP contribution in [0.2, 0.25) is 5.02 Å². The molecule has 1 atom stereocenters. The minimum Gasteiger partial charge on any atom is -0.488 e. The van der Waals surface area contributed by atoms with Crippen LogP contribution in [0.4, 0.5) is 5.95 Å². The molecule has 1 aromatic carbocycles. The minimum absolute atomic E-state index is 0.0434. The van der Waals surface area contributed by atoms with E-state index in [1.54, 1.807) is 0 Å². The van der Waals surface area contributed by atoms with Crippen LogP contribution in [0, 0.1) is 0 Å². The Morgan fingerprint density at radius 3 is 2.58 bits per heavy atom. The average molecular weight is 443 g/mol. The largest absolute Gasteiger partial charge is 0.488 e. The summed E-state index contributed by atoms with van der Waals surface area (Å²) in [5, 5.41) is 0.727. The number of nitrogens with zero attached hydrogens (tertiary/aromatic N) is 4. The summed E-state index contributed by atoms with van der Waals surface area (Å²) in [6.07, 6.45) is 8.86. The van der Waals surface area contributed by atoms with Gasteiger partial charge in [0.15, 0.2) is 0 Å². The van der Waals surface area contributed by atoms with Crippen molar-refractivity contribution in [2.24, 2.45) is 0 Å². The van der Waals surface area contributed by atoms with Crippen molar-refractivity contribution in [3.05, 3.63) is 47.2 Å². The topological polar surface area (TPSA) is 50.7 Å². The Bertz CT molecular complexity index is 864. The first-order valence-electron chi connectivity index (χ1n) is 11.5. The second-order valence-electron chi connectivity index (χ2n) is 9.06. The van der Waals surface area contributed by atoms with Crippen LogP contribution in [-0.2, 0) is 11.3 Å². The van der Waals surface area contributed by atoms with Gasteiger partial charge in [0.1, 0.15) is 11.9 Å². The average Bonchev–Trinajstić information content (AvgIpc) is 3.20. The molecule has 6 nitrogen and oxygen atoms in total. The zero-order valence-electron chi connectivity index (χ0n) is 18.0. The minimum atomic E-state index is -0.0434. The summed E-state index contributed by atoms with van der Waals surface area (Å²) in [6, 6.07) is 9.64. The van der Waals surface area contributed by atoms with E-state index < -0.39 is 0 Å². The maximum atomic E-state index is 6.28. The van der Waals surface area contributed by atoms with Gasteiger partial charge in [-0.25, -0.2) is 9.97 Å². The molecule has 4 heterocycles. The van der Waals surface area contributed by atoms with E-state index in [2.05, 4.69) is 20.9 Å². The van der Waals surface area contributed by atoms with Crippen molar-refractivity contribution in [1.29, 1.82) is 0 Å². The Labute approximate surface area is 189 Å². The first kappa shape index (κ1) is 21.0. The van der Waals surface area contributed by atoms with Crippen LogP contribution in [0.15, 0.2) is 36.5 Å². The molecule has 0 aliphatic carbocycles. The second-order valence-corrected chi connectivity index (χ2v) is 9.50. The lowest BCUT2D eigenvalue weighted by molar-refractivity contribution is -0.0456. The quantitative estimate of drug-likeness (QED) is 0.687. The van der Waals surface area contributed by atoms with Crippen molar-refractivity contribution in [1.82, 2.24) is 14.9 Å². The number of rotatable bonds is 5. The van der Waals surface area contributed by atoms with E-state index in [0.717, 1.165) is 74.4 Å². The number of anilines is 1. The molecule has 0 N–H and O–H groups in total. The Morgan fingerprint density at radius 2 is 1.81 bits per heavy atom. The molecular weight excluding hydrogens is 412 g/mol. The fourth-order valence-electron chi connectivity index (χ4n) is 5.00. The highest BCUT2D eigenvalue weighted by Gasteiger charge is 2.43. The standard InChI is InChI=1S/C24H31ClN4O2/c25-19-4-6-21(7-5-19)31-22-16-24(30-18-22)9-14-28(15-10-24)17-20-8-11-26-23(27-20)29-12-2-1-3-13-29/h4-8,11,22H,1-3,9-10,12-18H2/t22-/m0/s1. The number of hydrogen-bond donors (Lipinski definition) is 0. The number of likely N-dealkylation sites (tertiary alicyclic amines) is 1. The Morgan fingerprint density at radius 1 is 1.03 bits per heavy atom. The first-order valence-corrected chi connectivity index (χ1v) is 11.9. The third-order valence-electron chi connectivity index (χ3n) is 6.78. The molecule has 31 heavy (non-hydrogen) atoms. The highest BCUT2D eigenvalue weighted by Crippen LogP contribution is 2.37. The highest BCUT2D eigenvalue weighted by molar-refractivity contribution is 6.30. The lowest BCUT2D eigenvalue weighted by Gasteiger charge is -2.38. The van der Waals surface area contributed by atoms with E-state index >= 15 is 0 Å². The molecule has 3 aliphatic heterocycles. The third-order valence-corrected chi connectivity index (χ3v) is 7.04. The van der Waals surface area contributed by atoms with E-state index in [9.17, 15) is 0 Å². The van der Waals surface area contributed by atoms with Crippen LogP contribution in [0.3, 0.4) is 0 Å². The molecule has 0 radical (unpaired) electrons. The zero-order valence-corrected chi connectivity index (χ0v) is 18.8. The molecule has 5 rings (SSSR count). The number of ether oxygens (including phenoxy) is 2. The van der Waals surface area contributed by atoms with Crippen LogP contribution in [0.1, 0.15) is 44.2 Å². The van der Waals surface area contributed by atoms with Crippen molar-refractivity contribution in [2.45, 2.75) is 56.8 Å². The lowest BCUT2D eigenvalue weighted by atomic mass is 9.88. The number of hydrogen-bond acceptors (Lipinski definition) is 6. The van der Waals surface area contributed by atoms with E-state index in [4.69, 9.17) is 26.1 Å². The van der Waals surface area contributed by atoms with E-state index in [-0.39, 0.29) is 11.7 Å². The van der Waals surface area contributed by atoms with Gasteiger partial charge in [0.2, 0.25) is 5.95 Å². The molecular formula is C24H31ClN4O2. The fraction of sp³-hybridized carbons (Fsp3) is 0.583. The number of piperidine rings is 2. The number of halogens is 1. The van der Waals surface area contributed by atoms with E-state index in [1.807, 2.05) is 30.5 Å². The van der Waals surface area contributed by atoms with Crippen molar-refractivity contribution in [3.8, 4) is 5.75 Å². The summed E-state index contributed by atoms with van der Waals surface area (Å²) in [4.78, 5) is 14.2. The van der Waals surface area contributed by atoms with E-state index in [0.29, 0.717) is 6.61 Å². The molecule has 2 aromatic rings. The second kappa shape index (κ2) is 9.31. The summed E-state index contributed by atoms with van der Waals surface area (Å²) in [6.45, 7) is 5.74. The van der Waals surface area contributed by atoms with Crippen LogP contribution in [0.5, 0.6) is 5.75 Å². The van der Waals surface area contributed by atoms with Gasteiger partial charge in [-0.05, 0) is 62.4 Å². The molecule has 0 bridgehead atoms. The van der Waals surface area contributed by atoms with Gasteiger partial charge >= 0.3 is 0 Å². The van der Waals surface area contributed by atoms with Gasteiger partial charge in [-0.15, -0.1) is 0 Å². The molecule has 3 fully saturated rings. The lowest BCUT2D eigenvalue weighted by Crippen LogP contribution is -2.44. The highest BCUT2D eigenvalue weighted by atomic mass is 35.5. The number of benzene rings is 1. The summed E-state index contributed by atoms with van der Waals surface area (Å²) in [5.74, 6) is 1.76. The Kier molecular flexibility index (Phi) is 6.30. The van der Waals surface area contributed by atoms with Gasteiger partial charge in [-0.1, -0.05) is 11.6 Å². The van der Waals surface area contributed by atoms with Crippen molar-refractivity contribution in [2.75, 3.05) is 37.7 Å². The molecule has 166 valence electrons. The van der Waals surface area contributed by atoms with Crippen LogP contribution in [0.25, 0.3) is 0 Å². The number of aromatic nitrogens is 2. The normalized spacial score (nSPS) is 23.9. The molecule has 3 aliphatic rings. The molecule has 0 saturated carbocycles. The predicted octanol–water partition coefficient (Wildman–Crippen LogP) is 4.32. The van der Waals surface area contributed by atoms with Crippen molar-refractivity contribution in [3.63, 3.8) is 0 Å². The van der Waals surface area contributed by atoms with Crippen molar-refractivity contribution >= 4 is 17.5 Å². The van der Waals surface area contributed by atoms with Crippen LogP contribution < -0.4 is 9.64 Å². The molecule has 1 spiro atoms. The molecule has 3 saturated heterocycles. The zero-order chi connectivity index (χ0) is 21.1. The van der Waals surface area contributed by atoms with Gasteiger partial charge in [-0.2, -0.15) is 0 Å². The van der Waals surface area contributed by atoms with Crippen LogP contribution in [-0.4, -0.2) is 59.4 Å². The monoisotopic (exact) mass is 442 g/mol. The van der Waals surface area contributed by atoms with Gasteiger partial charge in [0, 0.05) is 50.4 Å².